The fourth-order valence-corrected chi connectivity index (χ4v) is 5.37. The molecule has 1 heterocycles. The van der Waals surface area contributed by atoms with Crippen molar-refractivity contribution >= 4 is 17.3 Å². The van der Waals surface area contributed by atoms with Gasteiger partial charge in [0.2, 0.25) is 5.71 Å². The summed E-state index contributed by atoms with van der Waals surface area (Å²) in [4.78, 5) is 12.4. The summed E-state index contributed by atoms with van der Waals surface area (Å²) in [6.07, 6.45) is -0.145. The number of fused-ring (bicyclic) bond motifs is 3. The van der Waals surface area contributed by atoms with Gasteiger partial charge in [0.05, 0.1) is 18.2 Å². The molecule has 4 nitrogen and oxygen atoms in total. The molecule has 3 aromatic carbocycles. The number of rotatable bonds is 4. The zero-order chi connectivity index (χ0) is 24.0. The molecule has 0 spiro atoms. The summed E-state index contributed by atoms with van der Waals surface area (Å²) >= 11 is 0. The molecule has 3 aromatic rings. The zero-order valence-electron chi connectivity index (χ0n) is 20.4. The predicted octanol–water partition coefficient (Wildman–Crippen LogP) is 5.58. The summed E-state index contributed by atoms with van der Waals surface area (Å²) in [5.41, 5.74) is 9.39. The summed E-state index contributed by atoms with van der Waals surface area (Å²) in [7, 11) is 3.57. The Hall–Kier alpha value is -3.50. The lowest BCUT2D eigenvalue weighted by molar-refractivity contribution is -0.575. The summed E-state index contributed by atoms with van der Waals surface area (Å²) in [6, 6.07) is 24.8. The van der Waals surface area contributed by atoms with Gasteiger partial charge in [-0.3, -0.25) is 0 Å². The molecule has 2 aliphatic rings. The number of esters is 1. The van der Waals surface area contributed by atoms with Gasteiger partial charge in [-0.2, -0.15) is 0 Å². The number of likely N-dealkylation sites (N-methyl/N-ethyl adjacent to an activating group) is 1. The quantitative estimate of drug-likeness (QED) is 0.300. The van der Waals surface area contributed by atoms with E-state index in [4.69, 9.17) is 9.47 Å². The normalized spacial score (nSPS) is 20.3. The molecule has 4 heteroatoms. The number of hydrogen-bond donors (Lipinski definition) is 0. The molecule has 0 N–H and O–H groups in total. The highest BCUT2D eigenvalue weighted by atomic mass is 16.5. The van der Waals surface area contributed by atoms with Crippen LogP contribution in [-0.4, -0.2) is 48.7 Å². The fraction of sp³-hybridized carbons (Fsp3) is 0.267. The molecule has 0 bridgehead atoms. The maximum atomic E-state index is 12.4. The first-order valence-corrected chi connectivity index (χ1v) is 11.7. The molecule has 1 atom stereocenters. The van der Waals surface area contributed by atoms with Crippen LogP contribution < -0.4 is 0 Å². The van der Waals surface area contributed by atoms with E-state index in [1.165, 1.54) is 18.2 Å². The van der Waals surface area contributed by atoms with Crippen molar-refractivity contribution in [2.24, 2.45) is 0 Å². The fourth-order valence-electron chi connectivity index (χ4n) is 5.37. The van der Waals surface area contributed by atoms with Crippen LogP contribution in [0.3, 0.4) is 0 Å². The molecule has 0 amide bonds. The van der Waals surface area contributed by atoms with Crippen LogP contribution in [0.25, 0.3) is 16.7 Å². The van der Waals surface area contributed by atoms with Gasteiger partial charge in [-0.25, -0.2) is 9.37 Å². The van der Waals surface area contributed by atoms with E-state index in [1.807, 2.05) is 31.2 Å². The van der Waals surface area contributed by atoms with Crippen molar-refractivity contribution in [1.29, 1.82) is 0 Å². The average Bonchev–Trinajstić information content (AvgIpc) is 3.28. The van der Waals surface area contributed by atoms with Crippen LogP contribution in [0.5, 0.6) is 0 Å². The van der Waals surface area contributed by atoms with Crippen molar-refractivity contribution < 1.29 is 18.8 Å². The highest BCUT2D eigenvalue weighted by Gasteiger charge is 2.53. The largest absolute Gasteiger partial charge is 0.465 e. The van der Waals surface area contributed by atoms with Crippen LogP contribution in [0.1, 0.15) is 47.8 Å². The average molecular weight is 453 g/mol. The number of hydrogen-bond acceptors (Lipinski definition) is 3. The lowest BCUT2D eigenvalue weighted by Gasteiger charge is -2.24. The maximum absolute atomic E-state index is 12.4. The van der Waals surface area contributed by atoms with E-state index >= 15 is 0 Å². The van der Waals surface area contributed by atoms with Gasteiger partial charge in [0, 0.05) is 31.6 Å². The second-order valence-corrected chi connectivity index (χ2v) is 9.35. The van der Waals surface area contributed by atoms with Crippen LogP contribution in [0.4, 0.5) is 0 Å². The number of ether oxygens (including phenoxy) is 2. The van der Waals surface area contributed by atoms with Crippen molar-refractivity contribution in [3.63, 3.8) is 0 Å². The standard InChI is InChI=1S/C30H30NO3/c1-6-34-28-26(27(31(4)30(28,2)3)19-12-8-7-9-13-19)25-23-15-11-10-14-21(23)22-17-16-20(18-24(22)25)29(32)33-5/h7-18,28H,6H2,1-5H3/q+1/b26-25-/t28-/m1/s1. The molecule has 34 heavy (non-hydrogen) atoms. The number of methoxy groups -OCH3 is 1. The van der Waals surface area contributed by atoms with E-state index in [0.717, 1.165) is 33.5 Å². The molecule has 0 unspecified atom stereocenters. The molecule has 0 radical (unpaired) electrons. The lowest BCUT2D eigenvalue weighted by atomic mass is 9.85. The maximum Gasteiger partial charge on any atom is 0.337 e. The monoisotopic (exact) mass is 452 g/mol. The second kappa shape index (κ2) is 8.37. The minimum Gasteiger partial charge on any atom is -0.465 e. The molecule has 0 fully saturated rings. The van der Waals surface area contributed by atoms with E-state index in [-0.39, 0.29) is 17.6 Å². The third-order valence-corrected chi connectivity index (χ3v) is 7.21. The molecule has 1 aliphatic carbocycles. The third kappa shape index (κ3) is 3.24. The van der Waals surface area contributed by atoms with Crippen LogP contribution in [0.15, 0.2) is 78.4 Å². The summed E-state index contributed by atoms with van der Waals surface area (Å²) in [5, 5.41) is 0. The first-order valence-electron chi connectivity index (χ1n) is 11.7. The summed E-state index contributed by atoms with van der Waals surface area (Å²) in [5.74, 6) is -0.333. The van der Waals surface area contributed by atoms with Crippen LogP contribution in [0.2, 0.25) is 0 Å². The van der Waals surface area contributed by atoms with Crippen LogP contribution >= 0.6 is 0 Å². The lowest BCUT2D eigenvalue weighted by Crippen LogP contribution is -2.42. The Kier molecular flexibility index (Phi) is 5.49. The third-order valence-electron chi connectivity index (χ3n) is 7.21. The highest BCUT2D eigenvalue weighted by Crippen LogP contribution is 2.49. The first-order chi connectivity index (χ1) is 16.4. The predicted molar refractivity (Wildman–Crippen MR) is 135 cm³/mol. The summed E-state index contributed by atoms with van der Waals surface area (Å²) < 4.78 is 13.9. The number of benzene rings is 3. The van der Waals surface area contributed by atoms with Gasteiger partial charge in [-0.1, -0.05) is 48.5 Å². The van der Waals surface area contributed by atoms with Gasteiger partial charge in [-0.05, 0) is 53.4 Å². The van der Waals surface area contributed by atoms with Gasteiger partial charge >= 0.3 is 5.97 Å². The zero-order valence-corrected chi connectivity index (χ0v) is 20.4. The van der Waals surface area contributed by atoms with Gasteiger partial charge < -0.3 is 9.47 Å². The topological polar surface area (TPSA) is 38.5 Å². The van der Waals surface area contributed by atoms with Crippen molar-refractivity contribution in [3.05, 3.63) is 101 Å². The number of carbonyl (C=O) groups excluding carboxylic acids is 1. The minimum atomic E-state index is -0.333. The Morgan fingerprint density at radius 3 is 2.24 bits per heavy atom. The van der Waals surface area contributed by atoms with Crippen LogP contribution in [-0.2, 0) is 9.47 Å². The van der Waals surface area contributed by atoms with E-state index in [2.05, 4.69) is 74.0 Å². The Balaban J connectivity index is 1.90. The van der Waals surface area contributed by atoms with Crippen molar-refractivity contribution in [3.8, 4) is 11.1 Å². The molecule has 1 aliphatic heterocycles. The van der Waals surface area contributed by atoms with E-state index in [0.29, 0.717) is 12.2 Å². The smallest absolute Gasteiger partial charge is 0.337 e. The second-order valence-electron chi connectivity index (χ2n) is 9.35. The number of carbonyl (C=O) groups is 1. The van der Waals surface area contributed by atoms with Gasteiger partial charge in [0.25, 0.3) is 0 Å². The SMILES string of the molecule is CCO[C@@H]1/C(=C2/c3ccccc3-c3ccc(C(=O)OC)cc32)C(c2ccccc2)=[N+](C)C1(C)C. The van der Waals surface area contributed by atoms with Crippen molar-refractivity contribution in [2.45, 2.75) is 32.4 Å². The van der Waals surface area contributed by atoms with E-state index < -0.39 is 0 Å². The highest BCUT2D eigenvalue weighted by molar-refractivity contribution is 6.20. The Morgan fingerprint density at radius 1 is 0.912 bits per heavy atom. The molecular formula is C30H30NO3+. The molecule has 172 valence electrons. The molecule has 5 rings (SSSR count). The van der Waals surface area contributed by atoms with Gasteiger partial charge in [-0.15, -0.1) is 0 Å². The van der Waals surface area contributed by atoms with Gasteiger partial charge in [0.1, 0.15) is 7.05 Å². The van der Waals surface area contributed by atoms with Gasteiger partial charge in [0.15, 0.2) is 11.6 Å². The Bertz CT molecular complexity index is 1350. The molecular weight excluding hydrogens is 422 g/mol. The molecule has 0 saturated heterocycles. The Labute approximate surface area is 201 Å². The first kappa shape index (κ1) is 22.3. The van der Waals surface area contributed by atoms with Crippen molar-refractivity contribution in [2.75, 3.05) is 20.8 Å². The van der Waals surface area contributed by atoms with E-state index in [9.17, 15) is 4.79 Å². The molecule has 0 saturated carbocycles. The van der Waals surface area contributed by atoms with E-state index in [1.54, 1.807) is 0 Å². The molecule has 0 aromatic heterocycles. The minimum absolute atomic E-state index is 0.145. The summed E-state index contributed by atoms with van der Waals surface area (Å²) in [6.45, 7) is 7.12. The van der Waals surface area contributed by atoms with Crippen molar-refractivity contribution in [1.82, 2.24) is 0 Å². The number of nitrogens with zero attached hydrogens (tertiary/aromatic N) is 1. The Morgan fingerprint density at radius 2 is 1.56 bits per heavy atom. The van der Waals surface area contributed by atoms with Crippen LogP contribution in [0, 0.1) is 0 Å².